The zero-order valence-electron chi connectivity index (χ0n) is 31.0. The number of rotatable bonds is 2. The monoisotopic (exact) mass is 776 g/mol. The maximum absolute atomic E-state index is 2.99. The zero-order chi connectivity index (χ0) is 34.5. The van der Waals surface area contributed by atoms with Crippen molar-refractivity contribution in [3.8, 4) is 0 Å². The van der Waals surface area contributed by atoms with Crippen LogP contribution in [0.4, 0.5) is 0 Å². The molecule has 0 nitrogen and oxygen atoms in total. The first kappa shape index (κ1) is 40.5. The van der Waals surface area contributed by atoms with Gasteiger partial charge in [-0.3, -0.25) is 6.08 Å². The van der Waals surface area contributed by atoms with Crippen molar-refractivity contribution in [2.45, 2.75) is 61.8 Å². The second-order valence-electron chi connectivity index (χ2n) is 15.8. The Kier molecular flexibility index (Phi) is 11.8. The molecule has 8 unspecified atom stereocenters. The topological polar surface area (TPSA) is 0 Å². The van der Waals surface area contributed by atoms with Crippen LogP contribution in [0.3, 0.4) is 0 Å². The molecule has 50 heavy (non-hydrogen) atoms. The Hall–Kier alpha value is -2.31. The fraction of sp³-hybridized carbons (Fsp3) is 0.362. The number of hydrogen-bond donors (Lipinski definition) is 0. The third kappa shape index (κ3) is 5.34. The van der Waals surface area contributed by atoms with E-state index in [1.807, 2.05) is 12.2 Å². The van der Waals surface area contributed by atoms with Crippen LogP contribution in [0.25, 0.3) is 0 Å². The van der Waals surface area contributed by atoms with Gasteiger partial charge in [0.1, 0.15) is 0 Å². The molecule has 0 bridgehead atoms. The molecule has 260 valence electrons. The van der Waals surface area contributed by atoms with Crippen molar-refractivity contribution in [2.75, 3.05) is 0 Å². The quantitative estimate of drug-likeness (QED) is 0.341. The molecule has 8 atom stereocenters. The summed E-state index contributed by atoms with van der Waals surface area (Å²) in [6, 6.07) is 21.1. The second-order valence-corrected chi connectivity index (χ2v) is 17.0. The molecule has 3 heteroatoms. The van der Waals surface area contributed by atoms with Crippen LogP contribution in [0.1, 0.15) is 72.9 Å². The molecular weight excluding hydrogens is 727 g/mol. The standard InChI is InChI=1S/C29H37.C13H10.C5H5.2ClH.Zr/c1-21-14-13-15-22-20-27(6)25(4)18-10-9-16-23(25,2)24(3)17-11-12-19-26(24,5)29(27,8)28(21,22)7;1-3-7-12(8-4-1)11-13-9-5-2-6-10-13;1-2-4-5-3-1;;;/h9-20,22H,1-8H3;1-10H;1-3H,4H2;2*1H;/q-1;;-1;;;+2/p-2. The van der Waals surface area contributed by atoms with Gasteiger partial charge in [-0.15, -0.1) is 23.8 Å². The van der Waals surface area contributed by atoms with E-state index >= 15 is 0 Å². The molecule has 2 fully saturated rings. The van der Waals surface area contributed by atoms with Gasteiger partial charge < -0.3 is 31.2 Å². The van der Waals surface area contributed by atoms with Gasteiger partial charge in [0.15, 0.2) is 0 Å². The summed E-state index contributed by atoms with van der Waals surface area (Å²) in [6.45, 7) is 20.3. The molecule has 0 amide bonds. The van der Waals surface area contributed by atoms with Gasteiger partial charge in [-0.25, -0.2) is 12.2 Å². The van der Waals surface area contributed by atoms with Gasteiger partial charge in [-0.2, -0.15) is 6.08 Å². The Bertz CT molecular complexity index is 1760. The van der Waals surface area contributed by atoms with Crippen molar-refractivity contribution in [2.24, 2.45) is 43.8 Å². The van der Waals surface area contributed by atoms with Crippen LogP contribution in [0.5, 0.6) is 0 Å². The predicted octanol–water partition coefficient (Wildman–Crippen LogP) is 5.76. The molecule has 0 N–H and O–H groups in total. The van der Waals surface area contributed by atoms with Crippen LogP contribution < -0.4 is 24.8 Å². The van der Waals surface area contributed by atoms with Crippen molar-refractivity contribution < 1.29 is 49.0 Å². The predicted molar refractivity (Wildman–Crippen MR) is 202 cm³/mol. The van der Waals surface area contributed by atoms with Crippen LogP contribution in [0.15, 0.2) is 151 Å². The van der Waals surface area contributed by atoms with Crippen LogP contribution in [-0.2, 0) is 24.2 Å². The van der Waals surface area contributed by atoms with Crippen LogP contribution >= 0.6 is 0 Å². The molecule has 0 aromatic heterocycles. The van der Waals surface area contributed by atoms with Crippen molar-refractivity contribution >= 4 is 3.21 Å². The van der Waals surface area contributed by atoms with E-state index in [-0.39, 0.29) is 62.7 Å². The number of halogens is 2. The van der Waals surface area contributed by atoms with Crippen molar-refractivity contribution in [1.29, 1.82) is 0 Å². The fourth-order valence-electron chi connectivity index (χ4n) is 11.0. The Labute approximate surface area is 330 Å². The Morgan fingerprint density at radius 3 is 1.60 bits per heavy atom. The van der Waals surface area contributed by atoms with Gasteiger partial charge in [0.05, 0.1) is 0 Å². The zero-order valence-corrected chi connectivity index (χ0v) is 34.9. The molecule has 0 saturated heterocycles. The average Bonchev–Trinajstić information content (AvgIpc) is 3.75. The Morgan fingerprint density at radius 2 is 1.14 bits per heavy atom. The molecular formula is C47H52Cl2Zr-2. The van der Waals surface area contributed by atoms with E-state index in [1.165, 1.54) is 44.1 Å². The third-order valence-corrected chi connectivity index (χ3v) is 16.2. The van der Waals surface area contributed by atoms with Gasteiger partial charge >= 0.3 is 99.2 Å². The van der Waals surface area contributed by atoms with E-state index in [1.54, 1.807) is 0 Å². The Morgan fingerprint density at radius 1 is 0.660 bits per heavy atom. The number of fused-ring (bicyclic) bond motifs is 8. The molecule has 6 aliphatic carbocycles. The molecule has 0 radical (unpaired) electrons. The second kappa shape index (κ2) is 14.6. The minimum absolute atomic E-state index is 0. The molecule has 6 aliphatic rings. The van der Waals surface area contributed by atoms with Crippen LogP contribution in [0.2, 0.25) is 0 Å². The molecule has 2 aromatic carbocycles. The number of benzene rings is 2. The van der Waals surface area contributed by atoms with E-state index in [0.29, 0.717) is 5.92 Å². The van der Waals surface area contributed by atoms with Gasteiger partial charge in [0.2, 0.25) is 0 Å². The summed E-state index contributed by atoms with van der Waals surface area (Å²) in [6.07, 6.45) is 39.3. The summed E-state index contributed by atoms with van der Waals surface area (Å²) in [5, 5.41) is 0. The summed E-state index contributed by atoms with van der Waals surface area (Å²) in [5.41, 5.74) is 4.39. The minimum atomic E-state index is 0. The summed E-state index contributed by atoms with van der Waals surface area (Å²) < 4.78 is 1.42. The molecule has 8 rings (SSSR count). The average molecular weight is 779 g/mol. The summed E-state index contributed by atoms with van der Waals surface area (Å²) in [4.78, 5) is 0. The van der Waals surface area contributed by atoms with Gasteiger partial charge in [0, 0.05) is 10.8 Å². The molecule has 0 heterocycles. The molecule has 0 aliphatic heterocycles. The number of hydrogen-bond acceptors (Lipinski definition) is 0. The first-order valence-electron chi connectivity index (χ1n) is 17.6. The van der Waals surface area contributed by atoms with E-state index < -0.39 is 0 Å². The maximum atomic E-state index is 2.99. The first-order valence-corrected chi connectivity index (χ1v) is 18.9. The van der Waals surface area contributed by atoms with Crippen LogP contribution in [-0.4, -0.2) is 3.21 Å². The van der Waals surface area contributed by atoms with Gasteiger partial charge in [0.25, 0.3) is 0 Å². The normalized spacial score (nSPS) is 38.8. The Balaban J connectivity index is 0.000000223. The fourth-order valence-corrected chi connectivity index (χ4v) is 11.8. The summed E-state index contributed by atoms with van der Waals surface area (Å²) in [5.74, 6) is 0.460. The molecule has 2 saturated carbocycles. The van der Waals surface area contributed by atoms with E-state index in [2.05, 4.69) is 201 Å². The van der Waals surface area contributed by atoms with E-state index in [4.69, 9.17) is 0 Å². The molecule has 0 spiro atoms. The van der Waals surface area contributed by atoms with Crippen LogP contribution in [0, 0.1) is 56.3 Å². The van der Waals surface area contributed by atoms with Crippen molar-refractivity contribution in [3.05, 3.63) is 175 Å². The van der Waals surface area contributed by atoms with Crippen molar-refractivity contribution in [3.63, 3.8) is 0 Å². The SMILES string of the molecule is CC1=CC=CC2[CH-]C3(C)C4(C)C=CC=CC4(C)C4(C)C=CC=CC4(C)C3(C)C12C.[C-]1=CC=CC1.[Cl-].[Cl-].[Zr+2]=[C](c1ccccc1)c1ccccc1. The van der Waals surface area contributed by atoms with Gasteiger partial charge in [-0.1, -0.05) is 115 Å². The summed E-state index contributed by atoms with van der Waals surface area (Å²) >= 11 is 1.46. The molecule has 2 aromatic rings. The first-order chi connectivity index (χ1) is 22.8. The van der Waals surface area contributed by atoms with Crippen molar-refractivity contribution in [1.82, 2.24) is 0 Å². The number of allylic oxidation sites excluding steroid dienone is 16. The van der Waals surface area contributed by atoms with E-state index in [0.717, 1.165) is 6.42 Å². The van der Waals surface area contributed by atoms with Gasteiger partial charge in [-0.05, 0) is 28.6 Å². The van der Waals surface area contributed by atoms with E-state index in [9.17, 15) is 0 Å². The third-order valence-electron chi connectivity index (χ3n) is 14.7. The summed E-state index contributed by atoms with van der Waals surface area (Å²) in [7, 11) is 0.